The van der Waals surface area contributed by atoms with Crippen LogP contribution in [0.3, 0.4) is 0 Å². The molecule has 2 heterocycles. The standard InChI is InChI=1S/C16H22ClN3O/c1-11-3-2-8-20(10-11)16(21)14-9-18-19-15(14)12-4-6-13(17)7-5-12/h4-7,11,14-15,18-19H,2-3,8-10H2,1H3. The van der Waals surface area contributed by atoms with E-state index < -0.39 is 0 Å². The highest BCUT2D eigenvalue weighted by atomic mass is 35.5. The van der Waals surface area contributed by atoms with Crippen molar-refractivity contribution in [3.05, 3.63) is 34.9 Å². The highest BCUT2D eigenvalue weighted by molar-refractivity contribution is 6.30. The summed E-state index contributed by atoms with van der Waals surface area (Å²) in [5, 5.41) is 0.720. The maximum atomic E-state index is 12.8. The molecular weight excluding hydrogens is 286 g/mol. The number of nitrogens with one attached hydrogen (secondary N) is 2. The molecule has 2 N–H and O–H groups in total. The van der Waals surface area contributed by atoms with E-state index in [-0.39, 0.29) is 17.9 Å². The van der Waals surface area contributed by atoms with Crippen LogP contribution in [0, 0.1) is 11.8 Å². The van der Waals surface area contributed by atoms with Crippen molar-refractivity contribution >= 4 is 17.5 Å². The zero-order valence-electron chi connectivity index (χ0n) is 12.3. The maximum absolute atomic E-state index is 12.8. The van der Waals surface area contributed by atoms with Crippen LogP contribution >= 0.6 is 11.6 Å². The number of nitrogens with zero attached hydrogens (tertiary/aromatic N) is 1. The number of rotatable bonds is 2. The van der Waals surface area contributed by atoms with Gasteiger partial charge in [-0.15, -0.1) is 0 Å². The molecule has 1 aromatic carbocycles. The van der Waals surface area contributed by atoms with Crippen LogP contribution in [0.2, 0.25) is 5.02 Å². The lowest BCUT2D eigenvalue weighted by Gasteiger charge is -2.33. The monoisotopic (exact) mass is 307 g/mol. The summed E-state index contributed by atoms with van der Waals surface area (Å²) in [6.45, 7) is 4.69. The number of benzene rings is 1. The van der Waals surface area contributed by atoms with E-state index >= 15 is 0 Å². The molecule has 0 saturated carbocycles. The molecule has 0 aliphatic carbocycles. The van der Waals surface area contributed by atoms with E-state index in [1.807, 2.05) is 29.2 Å². The fourth-order valence-corrected chi connectivity index (χ4v) is 3.46. The van der Waals surface area contributed by atoms with E-state index in [0.717, 1.165) is 30.1 Å². The molecule has 3 atom stereocenters. The van der Waals surface area contributed by atoms with Gasteiger partial charge in [0.2, 0.25) is 5.91 Å². The number of halogens is 1. The van der Waals surface area contributed by atoms with E-state index in [1.54, 1.807) is 0 Å². The Bertz CT molecular complexity index is 505. The summed E-state index contributed by atoms with van der Waals surface area (Å²) in [4.78, 5) is 14.9. The molecule has 0 spiro atoms. The lowest BCUT2D eigenvalue weighted by Crippen LogP contribution is -2.44. The summed E-state index contributed by atoms with van der Waals surface area (Å²) in [5.41, 5.74) is 7.47. The van der Waals surface area contributed by atoms with Crippen LogP contribution in [0.1, 0.15) is 31.4 Å². The predicted molar refractivity (Wildman–Crippen MR) is 83.8 cm³/mol. The molecule has 2 saturated heterocycles. The Morgan fingerprint density at radius 1 is 1.33 bits per heavy atom. The van der Waals surface area contributed by atoms with Gasteiger partial charge in [0.1, 0.15) is 0 Å². The molecule has 0 bridgehead atoms. The van der Waals surface area contributed by atoms with Gasteiger partial charge in [0.05, 0.1) is 12.0 Å². The third kappa shape index (κ3) is 3.23. The molecule has 1 amide bonds. The number of carbonyl (C=O) groups is 1. The molecular formula is C16H22ClN3O. The van der Waals surface area contributed by atoms with Crippen molar-refractivity contribution in [1.82, 2.24) is 15.8 Å². The highest BCUT2D eigenvalue weighted by Gasteiger charge is 2.37. The van der Waals surface area contributed by atoms with Gasteiger partial charge >= 0.3 is 0 Å². The average Bonchev–Trinajstić information content (AvgIpc) is 2.96. The third-order valence-electron chi connectivity index (χ3n) is 4.50. The van der Waals surface area contributed by atoms with Crippen LogP contribution in [0.4, 0.5) is 0 Å². The molecule has 0 aromatic heterocycles. The molecule has 4 nitrogen and oxygen atoms in total. The fraction of sp³-hybridized carbons (Fsp3) is 0.562. The summed E-state index contributed by atoms with van der Waals surface area (Å²) in [6, 6.07) is 7.76. The minimum Gasteiger partial charge on any atom is -0.342 e. The second-order valence-corrected chi connectivity index (χ2v) is 6.63. The minimum absolute atomic E-state index is 0.0204. The van der Waals surface area contributed by atoms with Crippen molar-refractivity contribution in [2.75, 3.05) is 19.6 Å². The summed E-state index contributed by atoms with van der Waals surface area (Å²) in [6.07, 6.45) is 2.34. The van der Waals surface area contributed by atoms with Crippen LogP contribution in [-0.4, -0.2) is 30.4 Å². The van der Waals surface area contributed by atoms with E-state index in [9.17, 15) is 4.79 Å². The van der Waals surface area contributed by atoms with Crippen molar-refractivity contribution in [2.45, 2.75) is 25.8 Å². The Morgan fingerprint density at radius 3 is 2.81 bits per heavy atom. The largest absolute Gasteiger partial charge is 0.342 e. The molecule has 0 radical (unpaired) electrons. The second kappa shape index (κ2) is 6.34. The predicted octanol–water partition coefficient (Wildman–Crippen LogP) is 2.36. The summed E-state index contributed by atoms with van der Waals surface area (Å²) < 4.78 is 0. The number of likely N-dealkylation sites (tertiary alicyclic amines) is 1. The van der Waals surface area contributed by atoms with Crippen molar-refractivity contribution in [3.8, 4) is 0 Å². The topological polar surface area (TPSA) is 44.4 Å². The van der Waals surface area contributed by atoms with Crippen LogP contribution in [-0.2, 0) is 4.79 Å². The average molecular weight is 308 g/mol. The first-order chi connectivity index (χ1) is 10.1. The first-order valence-electron chi connectivity index (χ1n) is 7.68. The number of hydrogen-bond donors (Lipinski definition) is 2. The second-order valence-electron chi connectivity index (χ2n) is 6.19. The first kappa shape index (κ1) is 14.8. The van der Waals surface area contributed by atoms with Crippen molar-refractivity contribution < 1.29 is 4.79 Å². The number of amides is 1. The van der Waals surface area contributed by atoms with Gasteiger partial charge in [0.25, 0.3) is 0 Å². The molecule has 2 aliphatic rings. The third-order valence-corrected chi connectivity index (χ3v) is 4.75. The van der Waals surface area contributed by atoms with Gasteiger partial charge in [0, 0.05) is 24.7 Å². The van der Waals surface area contributed by atoms with Gasteiger partial charge in [0.15, 0.2) is 0 Å². The zero-order chi connectivity index (χ0) is 14.8. The first-order valence-corrected chi connectivity index (χ1v) is 8.05. The zero-order valence-corrected chi connectivity index (χ0v) is 13.1. The molecule has 3 unspecified atom stereocenters. The van der Waals surface area contributed by atoms with Crippen molar-refractivity contribution in [1.29, 1.82) is 0 Å². The Balaban J connectivity index is 1.74. The number of piperidine rings is 1. The smallest absolute Gasteiger partial charge is 0.229 e. The van der Waals surface area contributed by atoms with Crippen LogP contribution in [0.5, 0.6) is 0 Å². The Kier molecular flexibility index (Phi) is 4.48. The van der Waals surface area contributed by atoms with Crippen molar-refractivity contribution in [3.63, 3.8) is 0 Å². The fourth-order valence-electron chi connectivity index (χ4n) is 3.34. The summed E-state index contributed by atoms with van der Waals surface area (Å²) in [7, 11) is 0. The van der Waals surface area contributed by atoms with Gasteiger partial charge in [-0.2, -0.15) is 0 Å². The number of carbonyl (C=O) groups excluding carboxylic acids is 1. The van der Waals surface area contributed by atoms with E-state index in [4.69, 9.17) is 11.6 Å². The van der Waals surface area contributed by atoms with Crippen molar-refractivity contribution in [2.24, 2.45) is 11.8 Å². The van der Waals surface area contributed by atoms with E-state index in [2.05, 4.69) is 17.8 Å². The SMILES string of the molecule is CC1CCCN(C(=O)C2CNNC2c2ccc(Cl)cc2)C1. The Hall–Kier alpha value is -1.10. The molecule has 3 rings (SSSR count). The van der Waals surface area contributed by atoms with E-state index in [0.29, 0.717) is 12.5 Å². The van der Waals surface area contributed by atoms with E-state index in [1.165, 1.54) is 6.42 Å². The van der Waals surface area contributed by atoms with Gasteiger partial charge in [-0.1, -0.05) is 30.7 Å². The van der Waals surface area contributed by atoms with Crippen LogP contribution < -0.4 is 10.9 Å². The van der Waals surface area contributed by atoms with Gasteiger partial charge in [-0.3, -0.25) is 10.2 Å². The molecule has 2 aliphatic heterocycles. The molecule has 114 valence electrons. The lowest BCUT2D eigenvalue weighted by atomic mass is 9.92. The van der Waals surface area contributed by atoms with Crippen LogP contribution in [0.25, 0.3) is 0 Å². The van der Waals surface area contributed by atoms with Gasteiger partial charge in [-0.05, 0) is 36.5 Å². The van der Waals surface area contributed by atoms with Gasteiger partial charge in [-0.25, -0.2) is 5.43 Å². The Labute approximate surface area is 130 Å². The highest BCUT2D eigenvalue weighted by Crippen LogP contribution is 2.29. The molecule has 1 aromatic rings. The molecule has 5 heteroatoms. The number of hydrazine groups is 1. The van der Waals surface area contributed by atoms with Gasteiger partial charge < -0.3 is 4.90 Å². The summed E-state index contributed by atoms with van der Waals surface area (Å²) >= 11 is 5.94. The minimum atomic E-state index is -0.0449. The van der Waals surface area contributed by atoms with Crippen LogP contribution in [0.15, 0.2) is 24.3 Å². The quantitative estimate of drug-likeness (QED) is 0.881. The Morgan fingerprint density at radius 2 is 2.10 bits per heavy atom. The molecule has 2 fully saturated rings. The molecule has 21 heavy (non-hydrogen) atoms. The lowest BCUT2D eigenvalue weighted by molar-refractivity contribution is -0.137. The maximum Gasteiger partial charge on any atom is 0.229 e. The summed E-state index contributed by atoms with van der Waals surface area (Å²) in [5.74, 6) is 0.828. The normalized spacial score (nSPS) is 29.6. The number of hydrogen-bond acceptors (Lipinski definition) is 3.